The van der Waals surface area contributed by atoms with Crippen LogP contribution in [-0.2, 0) is 55.5 Å². The molecule has 1 aliphatic rings. The van der Waals surface area contributed by atoms with Crippen molar-refractivity contribution in [3.63, 3.8) is 0 Å². The Hall–Kier alpha value is -6.18. The van der Waals surface area contributed by atoms with Crippen LogP contribution in [0.15, 0.2) is 41.8 Å². The van der Waals surface area contributed by atoms with Gasteiger partial charge in [-0.25, -0.2) is 9.55 Å². The smallest absolute Gasteiger partial charge is 0.469 e. The first kappa shape index (κ1) is 59.1. The number of amides is 7. The van der Waals surface area contributed by atoms with Crippen molar-refractivity contribution in [3.8, 4) is 5.75 Å². The van der Waals surface area contributed by atoms with Crippen molar-refractivity contribution in [3.05, 3.63) is 48.0 Å². The molecule has 1 saturated heterocycles. The number of nitrogens with two attached hydrogens (primary N) is 3. The van der Waals surface area contributed by atoms with Gasteiger partial charge in [0.05, 0.1) is 25.6 Å². The summed E-state index contributed by atoms with van der Waals surface area (Å²) >= 11 is 0. The van der Waals surface area contributed by atoms with Crippen LogP contribution in [0.5, 0.6) is 5.75 Å². The van der Waals surface area contributed by atoms with Crippen molar-refractivity contribution in [2.45, 2.75) is 134 Å². The number of H-pyrrole nitrogens is 1. The predicted octanol–water partition coefficient (Wildman–Crippen LogP) is -2.61. The first-order valence-electron chi connectivity index (χ1n) is 23.4. The number of rotatable bonds is 29. The average Bonchev–Trinajstić information content (AvgIpc) is 4.01. The van der Waals surface area contributed by atoms with Crippen molar-refractivity contribution in [1.82, 2.24) is 46.8 Å². The molecule has 0 spiro atoms. The van der Waals surface area contributed by atoms with E-state index in [0.717, 1.165) is 0 Å². The van der Waals surface area contributed by atoms with Crippen LogP contribution in [0.25, 0.3) is 0 Å². The monoisotopic (exact) mass is 1020 g/mol. The lowest BCUT2D eigenvalue weighted by Crippen LogP contribution is -2.61. The zero-order valence-electron chi connectivity index (χ0n) is 40.7. The lowest BCUT2D eigenvalue weighted by Gasteiger charge is -2.31. The number of carbonyl (C=O) groups is 7. The number of nitrogens with zero attached hydrogens (tertiary/aromatic N) is 3. The fourth-order valence-electron chi connectivity index (χ4n) is 7.56. The summed E-state index contributed by atoms with van der Waals surface area (Å²) in [6, 6.07) is -4.23. The SMILES string of the molecule is CC(C)C[C@H](NC(=O)[C@@H](N)CCCN=C(N)N)C(=O)N[C@@H](Cc1ccc(O)cc1)C(=O)N[C@@H](Cc1cnc[nH]1)C(=O)N[C@@H](COP(=O)(O)O)C(=O)N[C@@H](CC(C)C)C(=O)N1CCC[C@H]1C(=O)N[C@@H](C)CO. The van der Waals surface area contributed by atoms with E-state index < -0.39 is 104 Å². The Kier molecular flexibility index (Phi) is 23.8. The summed E-state index contributed by atoms with van der Waals surface area (Å²) in [6.45, 7) is 7.70. The van der Waals surface area contributed by atoms with Gasteiger partial charge in [0, 0.05) is 43.9 Å². The molecule has 8 atom stereocenters. The van der Waals surface area contributed by atoms with E-state index in [1.54, 1.807) is 20.8 Å². The number of phosphoric acid groups is 1. The number of benzene rings is 1. The molecule has 71 heavy (non-hydrogen) atoms. The molecule has 0 unspecified atom stereocenters. The number of aliphatic hydroxyl groups excluding tert-OH is 1. The number of aromatic amines is 1. The first-order chi connectivity index (χ1) is 33.4. The van der Waals surface area contributed by atoms with Gasteiger partial charge in [-0.1, -0.05) is 39.8 Å². The predicted molar refractivity (Wildman–Crippen MR) is 258 cm³/mol. The Labute approximate surface area is 412 Å². The summed E-state index contributed by atoms with van der Waals surface area (Å²) in [7, 11) is -5.28. The maximum absolute atomic E-state index is 14.4. The van der Waals surface area contributed by atoms with Crippen LogP contribution in [0, 0.1) is 11.8 Å². The van der Waals surface area contributed by atoms with Gasteiger partial charge in [-0.15, -0.1) is 0 Å². The molecule has 0 bridgehead atoms. The van der Waals surface area contributed by atoms with Crippen molar-refractivity contribution in [2.75, 3.05) is 26.3 Å². The minimum atomic E-state index is -5.28. The highest BCUT2D eigenvalue weighted by molar-refractivity contribution is 7.46. The Balaban J connectivity index is 1.95. The summed E-state index contributed by atoms with van der Waals surface area (Å²) in [5.41, 5.74) is 17.6. The number of nitrogens with one attached hydrogen (secondary N) is 7. The number of carbonyl (C=O) groups excluding carboxylic acids is 7. The van der Waals surface area contributed by atoms with E-state index in [1.807, 2.05) is 13.8 Å². The topological polar surface area (TPSA) is 421 Å². The number of aliphatic imine (C=N–C) groups is 1. The number of hydrogen-bond donors (Lipinski definition) is 14. The molecule has 396 valence electrons. The zero-order valence-corrected chi connectivity index (χ0v) is 41.6. The normalized spacial score (nSPS) is 16.7. The number of aromatic nitrogens is 2. The second-order valence-electron chi connectivity index (χ2n) is 18.3. The number of phenolic OH excluding ortho intramolecular Hbond substituents is 1. The van der Waals surface area contributed by atoms with E-state index >= 15 is 0 Å². The zero-order chi connectivity index (χ0) is 53.0. The second kappa shape index (κ2) is 28.6. The summed E-state index contributed by atoms with van der Waals surface area (Å²) in [4.78, 5) is 129. The van der Waals surface area contributed by atoms with E-state index in [2.05, 4.69) is 51.4 Å². The number of phenols is 1. The van der Waals surface area contributed by atoms with Crippen molar-refractivity contribution in [1.29, 1.82) is 0 Å². The maximum Gasteiger partial charge on any atom is 0.469 e. The molecule has 0 saturated carbocycles. The van der Waals surface area contributed by atoms with Gasteiger partial charge in [-0.2, -0.15) is 0 Å². The number of likely N-dealkylation sites (tertiary alicyclic amines) is 1. The molecule has 2 aromatic rings. The third-order valence-corrected chi connectivity index (χ3v) is 11.6. The summed E-state index contributed by atoms with van der Waals surface area (Å²) in [5, 5.41) is 35.0. The molecule has 1 aliphatic heterocycles. The maximum atomic E-state index is 14.4. The number of imidazole rings is 1. The molecular formula is C44H72N13O13P. The fourth-order valence-corrected chi connectivity index (χ4v) is 7.90. The third-order valence-electron chi connectivity index (χ3n) is 11.1. The summed E-state index contributed by atoms with van der Waals surface area (Å²) < 4.78 is 16.6. The van der Waals surface area contributed by atoms with Gasteiger partial charge in [0.2, 0.25) is 41.4 Å². The highest BCUT2D eigenvalue weighted by Crippen LogP contribution is 2.35. The molecule has 0 aliphatic carbocycles. The molecule has 27 heteroatoms. The lowest BCUT2D eigenvalue weighted by molar-refractivity contribution is -0.142. The highest BCUT2D eigenvalue weighted by Gasteiger charge is 2.40. The molecule has 3 rings (SSSR count). The number of aliphatic hydroxyl groups is 1. The minimum absolute atomic E-state index is 0.0460. The van der Waals surface area contributed by atoms with E-state index in [9.17, 15) is 58.1 Å². The molecule has 0 radical (unpaired) electrons. The first-order valence-corrected chi connectivity index (χ1v) is 24.9. The van der Waals surface area contributed by atoms with Crippen LogP contribution in [0.1, 0.15) is 84.4 Å². The molecule has 7 amide bonds. The number of phosphoric ester groups is 1. The van der Waals surface area contributed by atoms with Gasteiger partial charge in [0.25, 0.3) is 0 Å². The fraction of sp³-hybridized carbons (Fsp3) is 0.614. The molecule has 2 heterocycles. The number of hydrogen-bond acceptors (Lipinski definition) is 14. The average molecular weight is 1020 g/mol. The van der Waals surface area contributed by atoms with Gasteiger partial charge < -0.3 is 79.0 Å². The minimum Gasteiger partial charge on any atom is -0.508 e. The molecular weight excluding hydrogens is 950 g/mol. The third kappa shape index (κ3) is 21.0. The van der Waals surface area contributed by atoms with Crippen LogP contribution in [0.4, 0.5) is 0 Å². The van der Waals surface area contributed by atoms with Crippen LogP contribution in [0.2, 0.25) is 0 Å². The molecule has 1 aromatic heterocycles. The van der Waals surface area contributed by atoms with E-state index in [-0.39, 0.29) is 75.3 Å². The van der Waals surface area contributed by atoms with Crippen LogP contribution in [-0.4, -0.2) is 157 Å². The molecule has 1 fully saturated rings. The van der Waals surface area contributed by atoms with Gasteiger partial charge >= 0.3 is 7.82 Å². The summed E-state index contributed by atoms with van der Waals surface area (Å²) in [5.74, 6) is -6.21. The van der Waals surface area contributed by atoms with Crippen LogP contribution < -0.4 is 49.1 Å². The quantitative estimate of drug-likeness (QED) is 0.0172. The number of guanidine groups is 1. The van der Waals surface area contributed by atoms with Gasteiger partial charge in [-0.3, -0.25) is 43.1 Å². The Morgan fingerprint density at radius 2 is 1.37 bits per heavy atom. The highest BCUT2D eigenvalue weighted by atomic mass is 31.2. The van der Waals surface area contributed by atoms with E-state index in [1.165, 1.54) is 41.7 Å². The van der Waals surface area contributed by atoms with Gasteiger partial charge in [0.15, 0.2) is 5.96 Å². The van der Waals surface area contributed by atoms with E-state index in [0.29, 0.717) is 30.5 Å². The van der Waals surface area contributed by atoms with Gasteiger partial charge in [-0.05, 0) is 75.0 Å². The van der Waals surface area contributed by atoms with Crippen LogP contribution >= 0.6 is 7.82 Å². The molecule has 17 N–H and O–H groups in total. The Morgan fingerprint density at radius 3 is 1.93 bits per heavy atom. The van der Waals surface area contributed by atoms with Crippen molar-refractivity contribution in [2.24, 2.45) is 34.0 Å². The standard InChI is InChI=1S/C44H72N13O13P/c1-24(2)16-31(52-37(60)30(45)8-6-14-49-44(46)47)38(61)53-32(18-27-10-12-29(59)13-11-27)39(62)54-33(19-28-20-48-23-50-28)40(63)56-35(22-70-71(67,68)69)41(64)55-34(17-25(3)4)43(66)57-15-7-9-36(57)42(65)51-26(5)21-58/h10-13,20,23-26,30-36,58-59H,6-9,14-19,21-22,45H2,1-5H3,(H,48,50)(H,51,65)(H,52,60)(H,53,61)(H,54,62)(H,55,64)(H,56,63)(H4,46,47,49)(H2,67,68,69)/t26-,30-,31-,32-,33-,34-,35-,36-/m0/s1. The van der Waals surface area contributed by atoms with Crippen molar-refractivity contribution >= 4 is 55.1 Å². The van der Waals surface area contributed by atoms with Crippen LogP contribution in [0.3, 0.4) is 0 Å². The Morgan fingerprint density at radius 1 is 0.817 bits per heavy atom. The summed E-state index contributed by atoms with van der Waals surface area (Å²) in [6.07, 6.45) is 3.64. The van der Waals surface area contributed by atoms with E-state index in [4.69, 9.17) is 17.2 Å². The lowest BCUT2D eigenvalue weighted by atomic mass is 10.00. The largest absolute Gasteiger partial charge is 0.508 e. The molecule has 26 nitrogen and oxygen atoms in total. The Bertz CT molecular complexity index is 2150. The van der Waals surface area contributed by atoms with Gasteiger partial charge in [0.1, 0.15) is 42.0 Å². The van der Waals surface area contributed by atoms with Crippen molar-refractivity contribution < 1.29 is 62.7 Å². The second-order valence-corrected chi connectivity index (χ2v) is 19.6. The molecule has 1 aromatic carbocycles. The number of aromatic hydroxyl groups is 1.